The zero-order valence-corrected chi connectivity index (χ0v) is 11.8. The van der Waals surface area contributed by atoms with Crippen molar-refractivity contribution in [3.05, 3.63) is 59.7 Å². The molecule has 4 aromatic rings. The van der Waals surface area contributed by atoms with E-state index < -0.39 is 0 Å². The summed E-state index contributed by atoms with van der Waals surface area (Å²) in [6.07, 6.45) is 1.62. The highest BCUT2D eigenvalue weighted by Gasteiger charge is 2.08. The smallest absolute Gasteiger partial charge is 0.255 e. The van der Waals surface area contributed by atoms with E-state index in [0.29, 0.717) is 5.56 Å². The molecular weight excluding hydrogens is 282 g/mol. The van der Waals surface area contributed by atoms with Crippen LogP contribution < -0.4 is 5.32 Å². The normalized spacial score (nSPS) is 11.0. The van der Waals surface area contributed by atoms with Gasteiger partial charge in [0.1, 0.15) is 0 Å². The van der Waals surface area contributed by atoms with Crippen LogP contribution in [-0.4, -0.2) is 15.9 Å². The molecule has 1 amide bonds. The van der Waals surface area contributed by atoms with Crippen molar-refractivity contribution in [2.45, 2.75) is 0 Å². The van der Waals surface area contributed by atoms with Crippen molar-refractivity contribution in [2.75, 3.05) is 5.32 Å². The highest BCUT2D eigenvalue weighted by atomic mass is 32.1. The number of anilines is 1. The molecule has 0 bridgehead atoms. The van der Waals surface area contributed by atoms with E-state index in [2.05, 4.69) is 15.3 Å². The SMILES string of the molecule is O=C(Nc1ccc2sccc2c1)c1ccc2nc[nH]c2c1. The number of carbonyl (C=O) groups excluding carboxylic acids is 1. The molecule has 2 aromatic carbocycles. The second kappa shape index (κ2) is 4.71. The third-order valence-corrected chi connectivity index (χ3v) is 4.29. The van der Waals surface area contributed by atoms with E-state index in [1.54, 1.807) is 29.8 Å². The lowest BCUT2D eigenvalue weighted by molar-refractivity contribution is 0.102. The van der Waals surface area contributed by atoms with Crippen LogP contribution in [0.2, 0.25) is 0 Å². The highest BCUT2D eigenvalue weighted by Crippen LogP contribution is 2.24. The first-order valence-electron chi connectivity index (χ1n) is 6.51. The Kier molecular flexibility index (Phi) is 2.72. The number of nitrogens with one attached hydrogen (secondary N) is 2. The number of nitrogens with zero attached hydrogens (tertiary/aromatic N) is 1. The van der Waals surface area contributed by atoms with Crippen LogP contribution in [-0.2, 0) is 0 Å². The average Bonchev–Trinajstić information content (AvgIpc) is 3.14. The lowest BCUT2D eigenvalue weighted by atomic mass is 10.1. The van der Waals surface area contributed by atoms with Gasteiger partial charge in [0, 0.05) is 16.0 Å². The number of hydrogen-bond acceptors (Lipinski definition) is 3. The number of carbonyl (C=O) groups is 1. The molecule has 0 aliphatic heterocycles. The van der Waals surface area contributed by atoms with Crippen LogP contribution in [0.3, 0.4) is 0 Å². The van der Waals surface area contributed by atoms with Crippen LogP contribution in [0.4, 0.5) is 5.69 Å². The monoisotopic (exact) mass is 293 g/mol. The minimum atomic E-state index is -0.124. The molecule has 4 nitrogen and oxygen atoms in total. The first-order chi connectivity index (χ1) is 10.3. The summed E-state index contributed by atoms with van der Waals surface area (Å²) < 4.78 is 1.21. The molecule has 0 fully saturated rings. The minimum Gasteiger partial charge on any atom is -0.345 e. The molecule has 5 heteroatoms. The van der Waals surface area contributed by atoms with E-state index in [1.807, 2.05) is 35.7 Å². The zero-order valence-electron chi connectivity index (χ0n) is 11.0. The first kappa shape index (κ1) is 12.1. The summed E-state index contributed by atoms with van der Waals surface area (Å²) in [6.45, 7) is 0. The van der Waals surface area contributed by atoms with Gasteiger partial charge in [-0.05, 0) is 53.2 Å². The molecule has 2 N–H and O–H groups in total. The fraction of sp³-hybridized carbons (Fsp3) is 0. The predicted octanol–water partition coefficient (Wildman–Crippen LogP) is 4.03. The molecule has 0 saturated carbocycles. The van der Waals surface area contributed by atoms with Crippen LogP contribution >= 0.6 is 11.3 Å². The molecule has 0 aliphatic rings. The number of imidazole rings is 1. The predicted molar refractivity (Wildman–Crippen MR) is 85.9 cm³/mol. The summed E-state index contributed by atoms with van der Waals surface area (Å²) in [5.74, 6) is -0.124. The number of aromatic amines is 1. The van der Waals surface area contributed by atoms with E-state index in [4.69, 9.17) is 0 Å². The number of aromatic nitrogens is 2. The zero-order chi connectivity index (χ0) is 14.2. The summed E-state index contributed by atoms with van der Waals surface area (Å²) in [4.78, 5) is 19.5. The molecule has 2 aromatic heterocycles. The van der Waals surface area contributed by atoms with Gasteiger partial charge in [-0.1, -0.05) is 0 Å². The highest BCUT2D eigenvalue weighted by molar-refractivity contribution is 7.17. The number of hydrogen-bond donors (Lipinski definition) is 2. The van der Waals surface area contributed by atoms with Crippen LogP contribution in [0.5, 0.6) is 0 Å². The number of benzene rings is 2. The molecule has 102 valence electrons. The third-order valence-electron chi connectivity index (χ3n) is 3.39. The van der Waals surface area contributed by atoms with Crippen molar-refractivity contribution < 1.29 is 4.79 Å². The second-order valence-corrected chi connectivity index (χ2v) is 5.71. The number of fused-ring (bicyclic) bond motifs is 2. The molecule has 2 heterocycles. The Bertz CT molecular complexity index is 954. The topological polar surface area (TPSA) is 57.8 Å². The average molecular weight is 293 g/mol. The van der Waals surface area contributed by atoms with Crippen molar-refractivity contribution in [3.63, 3.8) is 0 Å². The quantitative estimate of drug-likeness (QED) is 0.586. The summed E-state index contributed by atoms with van der Waals surface area (Å²) in [6, 6.07) is 13.4. The Morgan fingerprint density at radius 2 is 2.10 bits per heavy atom. The van der Waals surface area contributed by atoms with Gasteiger partial charge in [-0.15, -0.1) is 11.3 Å². The van der Waals surface area contributed by atoms with Gasteiger partial charge in [-0.25, -0.2) is 4.98 Å². The van der Waals surface area contributed by atoms with E-state index in [-0.39, 0.29) is 5.91 Å². The van der Waals surface area contributed by atoms with Crippen molar-refractivity contribution in [1.29, 1.82) is 0 Å². The van der Waals surface area contributed by atoms with Crippen LogP contribution in [0, 0.1) is 0 Å². The van der Waals surface area contributed by atoms with Crippen molar-refractivity contribution in [1.82, 2.24) is 9.97 Å². The maximum atomic E-state index is 12.3. The van der Waals surface area contributed by atoms with Gasteiger partial charge < -0.3 is 10.3 Å². The standard InChI is InChI=1S/C16H11N3OS/c20-16(11-1-3-13-14(8-11)18-9-17-13)19-12-2-4-15-10(7-12)5-6-21-15/h1-9H,(H,17,18)(H,19,20). The van der Waals surface area contributed by atoms with Gasteiger partial charge in [0.25, 0.3) is 5.91 Å². The van der Waals surface area contributed by atoms with Gasteiger partial charge in [0.15, 0.2) is 0 Å². The van der Waals surface area contributed by atoms with E-state index in [9.17, 15) is 4.79 Å². The summed E-state index contributed by atoms with van der Waals surface area (Å²) >= 11 is 1.69. The molecule has 0 atom stereocenters. The summed E-state index contributed by atoms with van der Waals surface area (Å²) in [7, 11) is 0. The fourth-order valence-electron chi connectivity index (χ4n) is 2.32. The van der Waals surface area contributed by atoms with Gasteiger partial charge in [-0.3, -0.25) is 4.79 Å². The van der Waals surface area contributed by atoms with Crippen LogP contribution in [0.15, 0.2) is 54.2 Å². The number of rotatable bonds is 2. The van der Waals surface area contributed by atoms with Gasteiger partial charge >= 0.3 is 0 Å². The lowest BCUT2D eigenvalue weighted by Gasteiger charge is -2.05. The van der Waals surface area contributed by atoms with Crippen LogP contribution in [0.1, 0.15) is 10.4 Å². The summed E-state index contributed by atoms with van der Waals surface area (Å²) in [5.41, 5.74) is 3.12. The van der Waals surface area contributed by atoms with Crippen molar-refractivity contribution in [3.8, 4) is 0 Å². The molecule has 21 heavy (non-hydrogen) atoms. The maximum Gasteiger partial charge on any atom is 0.255 e. The van der Waals surface area contributed by atoms with Crippen molar-refractivity contribution in [2.24, 2.45) is 0 Å². The van der Waals surface area contributed by atoms with Crippen LogP contribution in [0.25, 0.3) is 21.1 Å². The summed E-state index contributed by atoms with van der Waals surface area (Å²) in [5, 5.41) is 6.11. The largest absolute Gasteiger partial charge is 0.345 e. The number of H-pyrrole nitrogens is 1. The number of amides is 1. The molecule has 0 spiro atoms. The molecule has 4 rings (SSSR count). The Balaban J connectivity index is 1.64. The van der Waals surface area contributed by atoms with E-state index >= 15 is 0 Å². The number of thiophene rings is 1. The minimum absolute atomic E-state index is 0.124. The molecule has 0 saturated heterocycles. The molecule has 0 radical (unpaired) electrons. The molecule has 0 aliphatic carbocycles. The second-order valence-electron chi connectivity index (χ2n) is 4.76. The van der Waals surface area contributed by atoms with Gasteiger partial charge in [0.05, 0.1) is 17.4 Å². The Morgan fingerprint density at radius 3 is 3.05 bits per heavy atom. The first-order valence-corrected chi connectivity index (χ1v) is 7.39. The Hall–Kier alpha value is -2.66. The Labute approximate surface area is 124 Å². The maximum absolute atomic E-state index is 12.3. The molecular formula is C16H11N3OS. The van der Waals surface area contributed by atoms with Gasteiger partial charge in [0.2, 0.25) is 0 Å². The van der Waals surface area contributed by atoms with E-state index in [0.717, 1.165) is 22.1 Å². The van der Waals surface area contributed by atoms with E-state index in [1.165, 1.54) is 4.70 Å². The lowest BCUT2D eigenvalue weighted by Crippen LogP contribution is -2.11. The third kappa shape index (κ3) is 2.17. The fourth-order valence-corrected chi connectivity index (χ4v) is 3.10. The molecule has 0 unspecified atom stereocenters. The van der Waals surface area contributed by atoms with Crippen molar-refractivity contribution >= 4 is 44.1 Å². The Morgan fingerprint density at radius 1 is 1.14 bits per heavy atom. The van der Waals surface area contributed by atoms with Gasteiger partial charge in [-0.2, -0.15) is 0 Å².